The summed E-state index contributed by atoms with van der Waals surface area (Å²) in [6.07, 6.45) is 3.43. The number of halogens is 1. The van der Waals surface area contributed by atoms with Gasteiger partial charge in [-0.05, 0) is 40.6 Å². The molecule has 1 heterocycles. The van der Waals surface area contributed by atoms with Crippen LogP contribution in [0.15, 0.2) is 30.6 Å². The molecular formula is C13H15IN4O. The van der Waals surface area contributed by atoms with E-state index in [9.17, 15) is 0 Å². The van der Waals surface area contributed by atoms with E-state index in [4.69, 9.17) is 10.6 Å². The molecule has 1 aromatic heterocycles. The average Bonchev–Trinajstić information content (AvgIpc) is 2.45. The molecule has 0 aliphatic heterocycles. The first-order valence-corrected chi connectivity index (χ1v) is 6.82. The van der Waals surface area contributed by atoms with Crippen LogP contribution in [0.4, 0.5) is 0 Å². The highest BCUT2D eigenvalue weighted by Gasteiger charge is 2.17. The Bertz CT molecular complexity index is 559. The summed E-state index contributed by atoms with van der Waals surface area (Å²) in [4.78, 5) is 8.22. The van der Waals surface area contributed by atoms with Gasteiger partial charge in [-0.25, -0.2) is 15.4 Å². The van der Waals surface area contributed by atoms with Crippen molar-refractivity contribution in [3.8, 4) is 6.01 Å². The summed E-state index contributed by atoms with van der Waals surface area (Å²) in [5.74, 6) is 5.69. The Balaban J connectivity index is 2.40. The predicted octanol–water partition coefficient (Wildman–Crippen LogP) is 1.95. The van der Waals surface area contributed by atoms with E-state index in [1.54, 1.807) is 12.4 Å². The van der Waals surface area contributed by atoms with Crippen LogP contribution in [0.2, 0.25) is 0 Å². The fraction of sp³-hybridized carbons (Fsp3) is 0.231. The van der Waals surface area contributed by atoms with E-state index < -0.39 is 0 Å². The number of rotatable bonds is 4. The Labute approximate surface area is 125 Å². The van der Waals surface area contributed by atoms with E-state index in [0.29, 0.717) is 6.01 Å². The van der Waals surface area contributed by atoms with E-state index >= 15 is 0 Å². The third-order valence-electron chi connectivity index (χ3n) is 2.86. The van der Waals surface area contributed by atoms with Gasteiger partial charge in [0.05, 0.1) is 13.2 Å². The van der Waals surface area contributed by atoms with E-state index in [1.807, 2.05) is 12.1 Å². The Morgan fingerprint density at radius 3 is 2.58 bits per heavy atom. The van der Waals surface area contributed by atoms with Crippen molar-refractivity contribution in [2.75, 3.05) is 7.11 Å². The van der Waals surface area contributed by atoms with Crippen molar-refractivity contribution in [1.29, 1.82) is 0 Å². The summed E-state index contributed by atoms with van der Waals surface area (Å²) >= 11 is 2.32. The lowest BCUT2D eigenvalue weighted by atomic mass is 10.0. The van der Waals surface area contributed by atoms with Crippen LogP contribution < -0.4 is 16.0 Å². The summed E-state index contributed by atoms with van der Waals surface area (Å²) in [5.41, 5.74) is 6.03. The highest BCUT2D eigenvalue weighted by atomic mass is 127. The zero-order valence-electron chi connectivity index (χ0n) is 10.7. The smallest absolute Gasteiger partial charge is 0.316 e. The number of aromatic nitrogens is 2. The third-order valence-corrected chi connectivity index (χ3v) is 4.34. The Morgan fingerprint density at radius 2 is 2.00 bits per heavy atom. The summed E-state index contributed by atoms with van der Waals surface area (Å²) < 4.78 is 6.14. The van der Waals surface area contributed by atoms with Gasteiger partial charge in [0, 0.05) is 21.5 Å². The van der Waals surface area contributed by atoms with Gasteiger partial charge in [-0.2, -0.15) is 0 Å². The number of hydrazine groups is 1. The number of hydrogen-bond acceptors (Lipinski definition) is 5. The summed E-state index contributed by atoms with van der Waals surface area (Å²) in [6, 6.07) is 6.34. The number of aryl methyl sites for hydroxylation is 1. The first-order chi connectivity index (χ1) is 9.17. The zero-order valence-corrected chi connectivity index (χ0v) is 12.9. The average molecular weight is 370 g/mol. The molecule has 100 valence electrons. The van der Waals surface area contributed by atoms with E-state index in [0.717, 1.165) is 11.1 Å². The second-order valence-electron chi connectivity index (χ2n) is 4.08. The minimum Gasteiger partial charge on any atom is -0.467 e. The zero-order chi connectivity index (χ0) is 13.8. The van der Waals surface area contributed by atoms with Crippen molar-refractivity contribution in [2.45, 2.75) is 13.0 Å². The molecule has 0 fully saturated rings. The molecule has 1 aromatic carbocycles. The van der Waals surface area contributed by atoms with Gasteiger partial charge in [0.15, 0.2) is 0 Å². The number of ether oxygens (including phenoxy) is 1. The van der Waals surface area contributed by atoms with Crippen LogP contribution in [0.1, 0.15) is 22.7 Å². The van der Waals surface area contributed by atoms with Gasteiger partial charge in [-0.1, -0.05) is 18.2 Å². The number of methoxy groups -OCH3 is 1. The first kappa shape index (κ1) is 14.2. The van der Waals surface area contributed by atoms with Gasteiger partial charge < -0.3 is 4.74 Å². The highest BCUT2D eigenvalue weighted by molar-refractivity contribution is 14.1. The van der Waals surface area contributed by atoms with Gasteiger partial charge in [-0.3, -0.25) is 5.84 Å². The molecule has 6 heteroatoms. The standard InChI is InChI=1S/C13H15IN4O/c1-8-4-3-5-10(11(8)14)12(18-15)9-6-16-13(19-2)17-7-9/h3-7,12,18H,15H2,1-2H3. The van der Waals surface area contributed by atoms with Crippen molar-refractivity contribution in [2.24, 2.45) is 5.84 Å². The van der Waals surface area contributed by atoms with Gasteiger partial charge in [-0.15, -0.1) is 0 Å². The van der Waals surface area contributed by atoms with Crippen molar-refractivity contribution in [1.82, 2.24) is 15.4 Å². The molecule has 1 atom stereocenters. The molecule has 0 saturated heterocycles. The number of benzene rings is 1. The molecule has 2 rings (SSSR count). The van der Waals surface area contributed by atoms with E-state index in [1.165, 1.54) is 16.2 Å². The molecule has 0 aliphatic carbocycles. The molecule has 0 bridgehead atoms. The minimum atomic E-state index is -0.141. The minimum absolute atomic E-state index is 0.141. The van der Waals surface area contributed by atoms with Gasteiger partial charge in [0.1, 0.15) is 0 Å². The van der Waals surface area contributed by atoms with Crippen LogP contribution in [0, 0.1) is 10.5 Å². The van der Waals surface area contributed by atoms with Crippen LogP contribution in [0.3, 0.4) is 0 Å². The van der Waals surface area contributed by atoms with Gasteiger partial charge in [0.25, 0.3) is 0 Å². The molecule has 5 nitrogen and oxygen atoms in total. The second-order valence-corrected chi connectivity index (χ2v) is 5.16. The lowest BCUT2D eigenvalue weighted by Crippen LogP contribution is -2.29. The van der Waals surface area contributed by atoms with E-state index in [2.05, 4.69) is 51.0 Å². The Kier molecular flexibility index (Phi) is 4.67. The number of hydrogen-bond donors (Lipinski definition) is 2. The topological polar surface area (TPSA) is 73.1 Å². The number of nitrogens with one attached hydrogen (secondary N) is 1. The number of nitrogens with zero attached hydrogens (tertiary/aromatic N) is 2. The fourth-order valence-corrected chi connectivity index (χ4v) is 2.51. The van der Waals surface area contributed by atoms with Crippen molar-refractivity contribution in [3.63, 3.8) is 0 Å². The molecule has 0 amide bonds. The normalized spacial score (nSPS) is 12.2. The second kappa shape index (κ2) is 6.27. The quantitative estimate of drug-likeness (QED) is 0.489. The lowest BCUT2D eigenvalue weighted by molar-refractivity contribution is 0.378. The van der Waals surface area contributed by atoms with Crippen molar-refractivity contribution < 1.29 is 4.74 Å². The van der Waals surface area contributed by atoms with Crippen molar-refractivity contribution in [3.05, 3.63) is 50.9 Å². The molecule has 0 saturated carbocycles. The van der Waals surface area contributed by atoms with Crippen molar-refractivity contribution >= 4 is 22.6 Å². The lowest BCUT2D eigenvalue weighted by Gasteiger charge is -2.18. The maximum absolute atomic E-state index is 5.69. The van der Waals surface area contributed by atoms with Crippen LogP contribution >= 0.6 is 22.6 Å². The first-order valence-electron chi connectivity index (χ1n) is 5.74. The monoisotopic (exact) mass is 370 g/mol. The van der Waals surface area contributed by atoms with Crippen LogP contribution in [0.25, 0.3) is 0 Å². The Hall–Kier alpha value is -1.25. The molecule has 1 unspecified atom stereocenters. The van der Waals surface area contributed by atoms with Gasteiger partial charge in [0.2, 0.25) is 0 Å². The molecule has 19 heavy (non-hydrogen) atoms. The molecule has 0 aliphatic rings. The molecule has 2 aromatic rings. The SMILES string of the molecule is COc1ncc(C(NN)c2cccc(C)c2I)cn1. The molecular weight excluding hydrogens is 355 g/mol. The van der Waals surface area contributed by atoms with Gasteiger partial charge >= 0.3 is 6.01 Å². The van der Waals surface area contributed by atoms with Crippen LogP contribution in [0.5, 0.6) is 6.01 Å². The maximum Gasteiger partial charge on any atom is 0.316 e. The summed E-state index contributed by atoms with van der Waals surface area (Å²) in [5, 5.41) is 0. The predicted molar refractivity (Wildman–Crippen MR) is 81.6 cm³/mol. The molecule has 3 N–H and O–H groups in total. The summed E-state index contributed by atoms with van der Waals surface area (Å²) in [6.45, 7) is 2.07. The van der Waals surface area contributed by atoms with E-state index in [-0.39, 0.29) is 6.04 Å². The maximum atomic E-state index is 5.69. The van der Waals surface area contributed by atoms with Crippen LogP contribution in [-0.2, 0) is 0 Å². The highest BCUT2D eigenvalue weighted by Crippen LogP contribution is 2.27. The Morgan fingerprint density at radius 1 is 1.32 bits per heavy atom. The molecule has 0 spiro atoms. The fourth-order valence-electron chi connectivity index (χ4n) is 1.84. The largest absolute Gasteiger partial charge is 0.467 e. The molecule has 0 radical (unpaired) electrons. The summed E-state index contributed by atoms with van der Waals surface area (Å²) in [7, 11) is 1.54. The van der Waals surface area contributed by atoms with Crippen LogP contribution in [-0.4, -0.2) is 17.1 Å². The third kappa shape index (κ3) is 3.02. The number of nitrogens with two attached hydrogens (primary N) is 1.